The monoisotopic (exact) mass is 537 g/mol. The summed E-state index contributed by atoms with van der Waals surface area (Å²) in [5, 5.41) is 15.9. The highest BCUT2D eigenvalue weighted by Crippen LogP contribution is 2.37. The van der Waals surface area contributed by atoms with Gasteiger partial charge in [-0.2, -0.15) is 23.3 Å². The van der Waals surface area contributed by atoms with E-state index in [2.05, 4.69) is 20.4 Å². The van der Waals surface area contributed by atoms with Gasteiger partial charge < -0.3 is 24.3 Å². The van der Waals surface area contributed by atoms with Crippen LogP contribution >= 0.6 is 11.6 Å². The van der Waals surface area contributed by atoms with Crippen molar-refractivity contribution >= 4 is 39.9 Å². The second kappa shape index (κ2) is 9.05. The van der Waals surface area contributed by atoms with E-state index in [0.29, 0.717) is 17.8 Å². The fourth-order valence-corrected chi connectivity index (χ4v) is 4.00. The van der Waals surface area contributed by atoms with E-state index in [0.717, 1.165) is 4.57 Å². The molecule has 5 rings (SSSR count). The number of aliphatic hydroxyl groups is 1. The van der Waals surface area contributed by atoms with Crippen LogP contribution in [0.5, 0.6) is 11.5 Å². The smallest absolute Gasteiger partial charge is 0.417 e. The molecule has 2 N–H and O–H groups in total. The summed E-state index contributed by atoms with van der Waals surface area (Å²) >= 11 is 6.56. The molecule has 5 aromatic heterocycles. The number of alkyl halides is 3. The quantitative estimate of drug-likeness (QED) is 0.313. The van der Waals surface area contributed by atoms with E-state index in [1.165, 1.54) is 46.9 Å². The SMILES string of the molecule is Cn1c(Nc2cc(C(F)(F)F)cn(CCO)c2=O)nc2ncc(Oc3cnn4cc(F)ccc34)c(Cl)c21. The van der Waals surface area contributed by atoms with Gasteiger partial charge in [0.1, 0.15) is 27.6 Å². The molecule has 0 fully saturated rings. The van der Waals surface area contributed by atoms with E-state index in [-0.39, 0.29) is 40.2 Å². The Morgan fingerprint density at radius 3 is 2.70 bits per heavy atom. The van der Waals surface area contributed by atoms with Gasteiger partial charge in [0.25, 0.3) is 5.56 Å². The van der Waals surface area contributed by atoms with E-state index >= 15 is 0 Å². The number of hydrogen-bond donors (Lipinski definition) is 2. The highest BCUT2D eigenvalue weighted by molar-refractivity contribution is 6.36. The number of rotatable bonds is 6. The molecule has 0 amide bonds. The summed E-state index contributed by atoms with van der Waals surface area (Å²) in [5.41, 5.74) is -1.41. The van der Waals surface area contributed by atoms with Crippen LogP contribution in [0.3, 0.4) is 0 Å². The number of aliphatic hydroxyl groups excluding tert-OH is 1. The van der Waals surface area contributed by atoms with Crippen molar-refractivity contribution in [1.29, 1.82) is 0 Å². The summed E-state index contributed by atoms with van der Waals surface area (Å²) in [6.07, 6.45) is -0.250. The first-order valence-corrected chi connectivity index (χ1v) is 11.0. The van der Waals surface area contributed by atoms with Gasteiger partial charge in [0.2, 0.25) is 5.95 Å². The van der Waals surface area contributed by atoms with Gasteiger partial charge in [-0.3, -0.25) is 4.79 Å². The van der Waals surface area contributed by atoms with E-state index in [4.69, 9.17) is 21.4 Å². The lowest BCUT2D eigenvalue weighted by Gasteiger charge is -2.14. The van der Waals surface area contributed by atoms with Gasteiger partial charge >= 0.3 is 6.18 Å². The molecule has 0 saturated carbocycles. The minimum atomic E-state index is -4.73. The second-order valence-corrected chi connectivity index (χ2v) is 8.26. The van der Waals surface area contributed by atoms with E-state index in [9.17, 15) is 22.4 Å². The molecule has 0 unspecified atom stereocenters. The molecule has 0 spiro atoms. The second-order valence-electron chi connectivity index (χ2n) is 7.88. The lowest BCUT2D eigenvalue weighted by molar-refractivity contribution is -0.138. The van der Waals surface area contributed by atoms with Crippen molar-refractivity contribution in [3.8, 4) is 11.5 Å². The van der Waals surface area contributed by atoms with E-state index in [1.54, 1.807) is 0 Å². The summed E-state index contributed by atoms with van der Waals surface area (Å²) in [6.45, 7) is -0.860. The molecule has 5 aromatic rings. The van der Waals surface area contributed by atoms with Gasteiger partial charge in [0, 0.05) is 19.8 Å². The Morgan fingerprint density at radius 2 is 1.97 bits per heavy atom. The van der Waals surface area contributed by atoms with Crippen molar-refractivity contribution in [3.05, 3.63) is 69.7 Å². The van der Waals surface area contributed by atoms with Crippen LogP contribution in [0.2, 0.25) is 5.02 Å². The third-order valence-electron chi connectivity index (χ3n) is 5.47. The lowest BCUT2D eigenvalue weighted by Crippen LogP contribution is -2.26. The first-order valence-electron chi connectivity index (χ1n) is 10.6. The fourth-order valence-electron chi connectivity index (χ4n) is 3.70. The molecule has 15 heteroatoms. The Bertz CT molecular complexity index is 1710. The maximum Gasteiger partial charge on any atom is 0.417 e. The number of anilines is 2. The summed E-state index contributed by atoms with van der Waals surface area (Å²) in [5.74, 6) is -0.105. The molecule has 0 aliphatic carbocycles. The molecule has 0 radical (unpaired) electrons. The van der Waals surface area contributed by atoms with Crippen molar-refractivity contribution in [2.24, 2.45) is 7.05 Å². The van der Waals surface area contributed by atoms with Crippen LogP contribution in [0.25, 0.3) is 16.7 Å². The summed E-state index contributed by atoms with van der Waals surface area (Å²) in [7, 11) is 1.52. The Labute approximate surface area is 209 Å². The predicted molar refractivity (Wildman–Crippen MR) is 125 cm³/mol. The third kappa shape index (κ3) is 4.44. The largest absolute Gasteiger partial charge is 0.450 e. The first-order chi connectivity index (χ1) is 17.6. The van der Waals surface area contributed by atoms with Crippen LogP contribution < -0.4 is 15.6 Å². The summed E-state index contributed by atoms with van der Waals surface area (Å²) in [4.78, 5) is 21.1. The maximum atomic E-state index is 13.4. The molecule has 5 heterocycles. The number of nitrogens with zero attached hydrogens (tertiary/aromatic N) is 6. The van der Waals surface area contributed by atoms with Crippen molar-refractivity contribution in [2.75, 3.05) is 11.9 Å². The fraction of sp³-hybridized carbons (Fsp3) is 0.182. The molecule has 0 atom stereocenters. The molecular formula is C22H16ClF4N7O3. The molecule has 0 saturated heterocycles. The molecule has 0 aliphatic heterocycles. The minimum Gasteiger partial charge on any atom is -0.450 e. The lowest BCUT2D eigenvalue weighted by atomic mass is 10.2. The molecule has 37 heavy (non-hydrogen) atoms. The van der Waals surface area contributed by atoms with Crippen LogP contribution in [-0.2, 0) is 19.8 Å². The number of aromatic nitrogens is 6. The average Bonchev–Trinajstić information content (AvgIpc) is 3.38. The van der Waals surface area contributed by atoms with Crippen molar-refractivity contribution in [1.82, 2.24) is 28.7 Å². The zero-order chi connectivity index (χ0) is 26.5. The van der Waals surface area contributed by atoms with Crippen LogP contribution in [0.1, 0.15) is 5.56 Å². The minimum absolute atomic E-state index is 0.0139. The van der Waals surface area contributed by atoms with Crippen LogP contribution in [0.4, 0.5) is 29.2 Å². The summed E-state index contributed by atoms with van der Waals surface area (Å²) in [6, 6.07) is 3.38. The van der Waals surface area contributed by atoms with E-state index < -0.39 is 35.4 Å². The average molecular weight is 538 g/mol. The first kappa shape index (κ1) is 24.5. The molecule has 192 valence electrons. The van der Waals surface area contributed by atoms with Gasteiger partial charge in [-0.15, -0.1) is 0 Å². The van der Waals surface area contributed by atoms with Crippen LogP contribution in [0, 0.1) is 5.82 Å². The molecule has 0 bridgehead atoms. The standard InChI is InChI=1S/C22H16ClF4N7O3/c1-32-18-17(23)16(37-15-8-29-34-10-12(24)2-3-14(15)34)7-28-19(18)31-21(32)30-13-6-11(22(25,26)27)9-33(4-5-35)20(13)36/h2-3,6-10,35H,4-5H2,1H3,(H,28,30,31). The topological polar surface area (TPSA) is 112 Å². The van der Waals surface area contributed by atoms with Gasteiger partial charge in [0.05, 0.1) is 30.8 Å². The summed E-state index contributed by atoms with van der Waals surface area (Å²) < 4.78 is 62.9. The van der Waals surface area contributed by atoms with Crippen molar-refractivity contribution in [3.63, 3.8) is 0 Å². The number of halogens is 5. The predicted octanol–water partition coefficient (Wildman–Crippen LogP) is 4.12. The Morgan fingerprint density at radius 1 is 1.19 bits per heavy atom. The molecule has 10 nitrogen and oxygen atoms in total. The number of fused-ring (bicyclic) bond motifs is 2. The number of nitrogens with one attached hydrogen (secondary N) is 1. The van der Waals surface area contributed by atoms with Crippen molar-refractivity contribution in [2.45, 2.75) is 12.7 Å². The van der Waals surface area contributed by atoms with Crippen molar-refractivity contribution < 1.29 is 27.4 Å². The van der Waals surface area contributed by atoms with Gasteiger partial charge in [0.15, 0.2) is 17.1 Å². The molecule has 0 aliphatic rings. The normalized spacial score (nSPS) is 12.0. The molecular weight excluding hydrogens is 522 g/mol. The number of hydrogen-bond acceptors (Lipinski definition) is 7. The van der Waals surface area contributed by atoms with Gasteiger partial charge in [-0.1, -0.05) is 11.6 Å². The van der Waals surface area contributed by atoms with Crippen LogP contribution in [0.15, 0.2) is 47.8 Å². The highest BCUT2D eigenvalue weighted by Gasteiger charge is 2.32. The zero-order valence-electron chi connectivity index (χ0n) is 18.8. The number of ether oxygens (including phenoxy) is 1. The van der Waals surface area contributed by atoms with Crippen LogP contribution in [-0.4, -0.2) is 40.4 Å². The number of pyridine rings is 3. The number of aryl methyl sites for hydroxylation is 1. The molecule has 0 aromatic carbocycles. The zero-order valence-corrected chi connectivity index (χ0v) is 19.5. The Hall–Kier alpha value is -4.17. The van der Waals surface area contributed by atoms with E-state index in [1.807, 2.05) is 0 Å². The van der Waals surface area contributed by atoms with Gasteiger partial charge in [-0.05, 0) is 18.2 Å². The highest BCUT2D eigenvalue weighted by atomic mass is 35.5. The van der Waals surface area contributed by atoms with Gasteiger partial charge in [-0.25, -0.2) is 13.9 Å². The maximum absolute atomic E-state index is 13.4. The Kier molecular flexibility index (Phi) is 6.00. The third-order valence-corrected chi connectivity index (χ3v) is 5.84. The Balaban J connectivity index is 1.53. The number of imidazole rings is 1.